The van der Waals surface area contributed by atoms with Gasteiger partial charge in [0.1, 0.15) is 0 Å². The summed E-state index contributed by atoms with van der Waals surface area (Å²) in [6, 6.07) is 0. The lowest BCUT2D eigenvalue weighted by Gasteiger charge is -2.32. The minimum absolute atomic E-state index is 0.248. The van der Waals surface area contributed by atoms with Crippen molar-refractivity contribution in [1.29, 1.82) is 0 Å². The van der Waals surface area contributed by atoms with Crippen LogP contribution in [0.4, 0.5) is 22.0 Å². The van der Waals surface area contributed by atoms with Gasteiger partial charge >= 0.3 is 19.9 Å². The summed E-state index contributed by atoms with van der Waals surface area (Å²) >= 11 is 0. The molecule has 0 aromatic rings. The average molecular weight is 310 g/mol. The van der Waals surface area contributed by atoms with Crippen molar-refractivity contribution in [3.05, 3.63) is 0 Å². The predicted molar refractivity (Wildman–Crippen MR) is 58.2 cm³/mol. The molecule has 19 heavy (non-hydrogen) atoms. The Kier molecular flexibility index (Phi) is 5.37. The van der Waals surface area contributed by atoms with Gasteiger partial charge < -0.3 is 4.52 Å². The smallest absolute Gasteiger partial charge is 0.309 e. The fraction of sp³-hybridized carbons (Fsp3) is 1.00. The van der Waals surface area contributed by atoms with E-state index in [0.717, 1.165) is 6.42 Å². The third-order valence-electron chi connectivity index (χ3n) is 2.90. The Labute approximate surface area is 108 Å². The van der Waals surface area contributed by atoms with Gasteiger partial charge in [0.25, 0.3) is 0 Å². The van der Waals surface area contributed by atoms with Crippen molar-refractivity contribution < 1.29 is 35.6 Å². The molecule has 0 aromatic carbocycles. The molecule has 1 fully saturated rings. The van der Waals surface area contributed by atoms with E-state index in [1.165, 1.54) is 6.92 Å². The molecule has 1 aliphatic rings. The normalized spacial score (nSPS) is 22.2. The van der Waals surface area contributed by atoms with Gasteiger partial charge in [0.2, 0.25) is 0 Å². The van der Waals surface area contributed by atoms with E-state index in [0.29, 0.717) is 12.8 Å². The van der Waals surface area contributed by atoms with E-state index in [1.54, 1.807) is 0 Å². The van der Waals surface area contributed by atoms with Crippen LogP contribution in [-0.4, -0.2) is 24.6 Å². The lowest BCUT2D eigenvalue weighted by atomic mass is 10.0. The minimum Gasteiger partial charge on any atom is -0.309 e. The Morgan fingerprint density at radius 3 is 2.05 bits per heavy atom. The third kappa shape index (κ3) is 4.13. The summed E-state index contributed by atoms with van der Waals surface area (Å²) in [5, 5.41) is 0. The lowest BCUT2D eigenvalue weighted by Crippen LogP contribution is -2.39. The van der Waals surface area contributed by atoms with E-state index >= 15 is 0 Å². The molecule has 0 radical (unpaired) electrons. The molecule has 9 heteroatoms. The highest BCUT2D eigenvalue weighted by Gasteiger charge is 2.63. The van der Waals surface area contributed by atoms with E-state index in [-0.39, 0.29) is 19.4 Å². The Morgan fingerprint density at radius 2 is 1.63 bits per heavy atom. The van der Waals surface area contributed by atoms with Crippen LogP contribution < -0.4 is 0 Å². The summed E-state index contributed by atoms with van der Waals surface area (Å²) < 4.78 is 82.7. The Morgan fingerprint density at radius 1 is 1.11 bits per heavy atom. The van der Waals surface area contributed by atoms with Crippen LogP contribution in [-0.2, 0) is 13.6 Å². The molecule has 1 unspecified atom stereocenters. The second kappa shape index (κ2) is 6.06. The summed E-state index contributed by atoms with van der Waals surface area (Å²) in [5.74, 6) is 0. The van der Waals surface area contributed by atoms with Crippen molar-refractivity contribution in [3.63, 3.8) is 0 Å². The first-order valence-electron chi connectivity index (χ1n) is 6.02. The van der Waals surface area contributed by atoms with Crippen molar-refractivity contribution in [1.82, 2.24) is 0 Å². The van der Waals surface area contributed by atoms with Gasteiger partial charge in [-0.25, -0.2) is 4.52 Å². The van der Waals surface area contributed by atoms with E-state index in [9.17, 15) is 26.5 Å². The van der Waals surface area contributed by atoms with Gasteiger partial charge in [-0.3, -0.25) is 4.57 Å². The standard InChI is InChI=1S/C10H16F5O3P/c1-2-17-19(16,8-6-4-3-5-7-8)18-10(14,15)9(11,12)13/h8H,2-7H2,1H3. The number of rotatable bonds is 5. The van der Waals surface area contributed by atoms with E-state index in [1.807, 2.05) is 0 Å². The second-order valence-electron chi connectivity index (χ2n) is 4.36. The molecule has 0 heterocycles. The largest absolute Gasteiger partial charge is 0.483 e. The molecule has 1 atom stereocenters. The molecule has 0 amide bonds. The van der Waals surface area contributed by atoms with Crippen LogP contribution in [0.3, 0.4) is 0 Å². The van der Waals surface area contributed by atoms with Crippen LogP contribution in [0, 0.1) is 0 Å². The molecule has 1 aliphatic carbocycles. The maximum atomic E-state index is 12.9. The summed E-state index contributed by atoms with van der Waals surface area (Å²) in [5.41, 5.74) is -0.894. The number of alkyl halides is 5. The van der Waals surface area contributed by atoms with Gasteiger partial charge in [0.05, 0.1) is 12.3 Å². The SMILES string of the molecule is CCOP(=O)(OC(F)(F)C(F)(F)F)C1CCCCC1. The van der Waals surface area contributed by atoms with Crippen molar-refractivity contribution in [3.8, 4) is 0 Å². The van der Waals surface area contributed by atoms with Crippen molar-refractivity contribution in [2.75, 3.05) is 6.61 Å². The number of hydrogen-bond acceptors (Lipinski definition) is 3. The zero-order chi connectivity index (χ0) is 14.7. The second-order valence-corrected chi connectivity index (χ2v) is 6.61. The van der Waals surface area contributed by atoms with Crippen LogP contribution in [0.1, 0.15) is 39.0 Å². The topological polar surface area (TPSA) is 35.5 Å². The Bertz CT molecular complexity index is 339. The van der Waals surface area contributed by atoms with Crippen molar-refractivity contribution in [2.45, 2.75) is 57.0 Å². The van der Waals surface area contributed by atoms with Gasteiger partial charge in [-0.05, 0) is 19.8 Å². The van der Waals surface area contributed by atoms with Crippen LogP contribution in [0.2, 0.25) is 0 Å². The molecule has 1 rings (SSSR count). The molecule has 0 saturated heterocycles. The molecule has 3 nitrogen and oxygen atoms in total. The summed E-state index contributed by atoms with van der Waals surface area (Å²) in [7, 11) is -4.48. The van der Waals surface area contributed by atoms with Gasteiger partial charge in [-0.2, -0.15) is 22.0 Å². The highest BCUT2D eigenvalue weighted by Crippen LogP contribution is 2.62. The molecule has 0 N–H and O–H groups in total. The third-order valence-corrected chi connectivity index (χ3v) is 5.42. The highest BCUT2D eigenvalue weighted by molar-refractivity contribution is 7.54. The predicted octanol–water partition coefficient (Wildman–Crippen LogP) is 4.72. The van der Waals surface area contributed by atoms with Gasteiger partial charge in [-0.1, -0.05) is 19.3 Å². The van der Waals surface area contributed by atoms with Gasteiger partial charge in [-0.15, -0.1) is 0 Å². The summed E-state index contributed by atoms with van der Waals surface area (Å²) in [4.78, 5) is 0. The van der Waals surface area contributed by atoms with Crippen molar-refractivity contribution >= 4 is 7.60 Å². The first-order valence-corrected chi connectivity index (χ1v) is 7.63. The lowest BCUT2D eigenvalue weighted by molar-refractivity contribution is -0.363. The Balaban J connectivity index is 2.90. The molecule has 0 spiro atoms. The Hall–Kier alpha value is -0.200. The average Bonchev–Trinajstić information content (AvgIpc) is 2.28. The number of hydrogen-bond donors (Lipinski definition) is 0. The molecular formula is C10H16F5O3P. The zero-order valence-electron chi connectivity index (χ0n) is 10.4. The van der Waals surface area contributed by atoms with E-state index < -0.39 is 25.5 Å². The molecule has 1 saturated carbocycles. The van der Waals surface area contributed by atoms with Crippen LogP contribution in [0.15, 0.2) is 0 Å². The molecule has 114 valence electrons. The fourth-order valence-electron chi connectivity index (χ4n) is 2.00. The monoisotopic (exact) mass is 310 g/mol. The maximum absolute atomic E-state index is 12.9. The number of halogens is 5. The quantitative estimate of drug-likeness (QED) is 0.544. The van der Waals surface area contributed by atoms with Gasteiger partial charge in [0.15, 0.2) is 0 Å². The van der Waals surface area contributed by atoms with Gasteiger partial charge in [0, 0.05) is 0 Å². The molecule has 0 aromatic heterocycles. The fourth-order valence-corrected chi connectivity index (χ4v) is 4.19. The first kappa shape index (κ1) is 16.9. The molecule has 0 aliphatic heterocycles. The highest BCUT2D eigenvalue weighted by atomic mass is 31.2. The molecular weight excluding hydrogens is 294 g/mol. The van der Waals surface area contributed by atoms with E-state index in [2.05, 4.69) is 9.05 Å². The summed E-state index contributed by atoms with van der Waals surface area (Å²) in [6.45, 7) is 1.12. The first-order chi connectivity index (χ1) is 8.62. The van der Waals surface area contributed by atoms with Crippen LogP contribution in [0.25, 0.3) is 0 Å². The molecule has 0 bridgehead atoms. The van der Waals surface area contributed by atoms with Crippen molar-refractivity contribution in [2.24, 2.45) is 0 Å². The maximum Gasteiger partial charge on any atom is 0.483 e. The minimum atomic E-state index is -5.91. The zero-order valence-corrected chi connectivity index (χ0v) is 11.3. The van der Waals surface area contributed by atoms with E-state index in [4.69, 9.17) is 0 Å². The van der Waals surface area contributed by atoms with Crippen LogP contribution >= 0.6 is 7.60 Å². The van der Waals surface area contributed by atoms with Crippen LogP contribution in [0.5, 0.6) is 0 Å². The summed E-state index contributed by atoms with van der Waals surface area (Å²) in [6.07, 6.45) is -8.77.